The number of methoxy groups -OCH3 is 1. The Morgan fingerprint density at radius 3 is 2.41 bits per heavy atom. The third-order valence-electron chi connectivity index (χ3n) is 3.21. The molecule has 0 saturated heterocycles. The maximum atomic E-state index is 13.5. The fourth-order valence-corrected chi connectivity index (χ4v) is 2.52. The van der Waals surface area contributed by atoms with Gasteiger partial charge in [-0.1, -0.05) is 23.2 Å². The first-order valence-electron chi connectivity index (χ1n) is 6.51. The van der Waals surface area contributed by atoms with Gasteiger partial charge in [-0.3, -0.25) is 4.79 Å². The number of hydrogen-bond donors (Lipinski definition) is 1. The molecule has 2 rings (SSSR count). The van der Waals surface area contributed by atoms with Crippen molar-refractivity contribution >= 4 is 29.1 Å². The first kappa shape index (κ1) is 16.6. The maximum absolute atomic E-state index is 13.5. The fourth-order valence-electron chi connectivity index (χ4n) is 1.97. The predicted molar refractivity (Wildman–Crippen MR) is 85.3 cm³/mol. The van der Waals surface area contributed by atoms with E-state index in [0.717, 1.165) is 0 Å². The smallest absolute Gasteiger partial charge is 0.251 e. The van der Waals surface area contributed by atoms with E-state index >= 15 is 0 Å². The van der Waals surface area contributed by atoms with E-state index in [1.807, 2.05) is 0 Å². The van der Waals surface area contributed by atoms with Crippen molar-refractivity contribution in [1.82, 2.24) is 5.32 Å². The van der Waals surface area contributed by atoms with Crippen LogP contribution in [0.1, 0.15) is 28.9 Å². The number of nitrogens with one attached hydrogen (secondary N) is 1. The predicted octanol–water partition coefficient (Wildman–Crippen LogP) is 4.63. The molecule has 0 aromatic heterocycles. The highest BCUT2D eigenvalue weighted by molar-refractivity contribution is 6.35. The van der Waals surface area contributed by atoms with Gasteiger partial charge in [-0.15, -0.1) is 0 Å². The van der Waals surface area contributed by atoms with Crippen LogP contribution >= 0.6 is 23.2 Å². The van der Waals surface area contributed by atoms with Gasteiger partial charge in [0.15, 0.2) is 0 Å². The molecule has 1 amide bonds. The zero-order chi connectivity index (χ0) is 16.3. The van der Waals surface area contributed by atoms with Crippen LogP contribution in [0.15, 0.2) is 36.4 Å². The minimum absolute atomic E-state index is 0.0533. The Morgan fingerprint density at radius 1 is 1.18 bits per heavy atom. The Balaban J connectivity index is 2.15. The van der Waals surface area contributed by atoms with Gasteiger partial charge in [-0.25, -0.2) is 4.39 Å². The van der Waals surface area contributed by atoms with E-state index in [4.69, 9.17) is 27.9 Å². The van der Waals surface area contributed by atoms with Crippen LogP contribution in [0.4, 0.5) is 4.39 Å². The van der Waals surface area contributed by atoms with Gasteiger partial charge >= 0.3 is 0 Å². The van der Waals surface area contributed by atoms with E-state index < -0.39 is 11.9 Å². The van der Waals surface area contributed by atoms with Crippen LogP contribution in [0.25, 0.3) is 0 Å². The van der Waals surface area contributed by atoms with Gasteiger partial charge < -0.3 is 10.1 Å². The lowest BCUT2D eigenvalue weighted by Gasteiger charge is -2.16. The number of carbonyl (C=O) groups excluding carboxylic acids is 1. The van der Waals surface area contributed by atoms with Crippen LogP contribution in [0.3, 0.4) is 0 Å². The molecule has 0 aliphatic rings. The molecule has 0 spiro atoms. The maximum Gasteiger partial charge on any atom is 0.251 e. The van der Waals surface area contributed by atoms with E-state index in [1.54, 1.807) is 38.3 Å². The highest BCUT2D eigenvalue weighted by Crippen LogP contribution is 2.28. The zero-order valence-corrected chi connectivity index (χ0v) is 13.5. The van der Waals surface area contributed by atoms with E-state index in [1.165, 1.54) is 12.1 Å². The lowest BCUT2D eigenvalue weighted by Crippen LogP contribution is -2.26. The minimum Gasteiger partial charge on any atom is -0.497 e. The zero-order valence-electron chi connectivity index (χ0n) is 12.0. The summed E-state index contributed by atoms with van der Waals surface area (Å²) in [5, 5.41) is 3.01. The molecule has 0 bridgehead atoms. The number of ether oxygens (including phenoxy) is 1. The summed E-state index contributed by atoms with van der Waals surface area (Å²) < 4.78 is 18.6. The van der Waals surface area contributed by atoms with Crippen molar-refractivity contribution < 1.29 is 13.9 Å². The molecule has 1 atom stereocenters. The number of carbonyl (C=O) groups is 1. The third-order valence-corrected chi connectivity index (χ3v) is 3.82. The quantitative estimate of drug-likeness (QED) is 0.823. The van der Waals surface area contributed by atoms with Crippen molar-refractivity contribution in [2.45, 2.75) is 13.0 Å². The molecule has 1 N–H and O–H groups in total. The largest absolute Gasteiger partial charge is 0.497 e. The standard InChI is InChI=1S/C16H14Cl2FNO2/c1-9(12-7-15(19)14(18)8-13(12)17)20-16(21)10-3-5-11(22-2)6-4-10/h3-9H,1-2H3,(H,20,21)/t9-/m0/s1. The molecule has 2 aromatic rings. The van der Waals surface area contributed by atoms with Crippen LogP contribution < -0.4 is 10.1 Å². The normalized spacial score (nSPS) is 11.9. The summed E-state index contributed by atoms with van der Waals surface area (Å²) in [7, 11) is 1.55. The molecule has 0 aliphatic carbocycles. The number of rotatable bonds is 4. The summed E-state index contributed by atoms with van der Waals surface area (Å²) in [5.74, 6) is -0.208. The Hall–Kier alpha value is -1.78. The molecule has 6 heteroatoms. The molecule has 0 heterocycles. The average Bonchev–Trinajstić information content (AvgIpc) is 2.50. The van der Waals surface area contributed by atoms with Crippen LogP contribution in [0.5, 0.6) is 5.75 Å². The molecule has 0 saturated carbocycles. The van der Waals surface area contributed by atoms with E-state index in [2.05, 4.69) is 5.32 Å². The summed E-state index contributed by atoms with van der Waals surface area (Å²) in [6.45, 7) is 1.72. The van der Waals surface area contributed by atoms with Crippen molar-refractivity contribution in [2.75, 3.05) is 7.11 Å². The van der Waals surface area contributed by atoms with Crippen molar-refractivity contribution in [3.05, 3.63) is 63.4 Å². The summed E-state index contributed by atoms with van der Waals surface area (Å²) in [4.78, 5) is 12.2. The van der Waals surface area contributed by atoms with Crippen molar-refractivity contribution in [3.63, 3.8) is 0 Å². The van der Waals surface area contributed by atoms with Crippen LogP contribution in [-0.4, -0.2) is 13.0 Å². The molecule has 3 nitrogen and oxygen atoms in total. The summed E-state index contributed by atoms with van der Waals surface area (Å²) in [6, 6.07) is 8.75. The monoisotopic (exact) mass is 341 g/mol. The molecule has 0 fully saturated rings. The Labute approximate surface area is 138 Å². The lowest BCUT2D eigenvalue weighted by atomic mass is 10.1. The molecule has 0 unspecified atom stereocenters. The molecule has 22 heavy (non-hydrogen) atoms. The average molecular weight is 342 g/mol. The summed E-state index contributed by atoms with van der Waals surface area (Å²) in [5.41, 5.74) is 0.934. The first-order chi connectivity index (χ1) is 10.4. The molecular formula is C16H14Cl2FNO2. The fraction of sp³-hybridized carbons (Fsp3) is 0.188. The highest BCUT2D eigenvalue weighted by Gasteiger charge is 2.16. The molecule has 2 aromatic carbocycles. The number of hydrogen-bond acceptors (Lipinski definition) is 2. The van der Waals surface area contributed by atoms with Gasteiger partial charge in [0, 0.05) is 10.6 Å². The number of halogens is 3. The highest BCUT2D eigenvalue weighted by atomic mass is 35.5. The van der Waals surface area contributed by atoms with E-state index in [0.29, 0.717) is 21.9 Å². The molecule has 0 aliphatic heterocycles. The van der Waals surface area contributed by atoms with Gasteiger partial charge in [-0.05, 0) is 48.9 Å². The lowest BCUT2D eigenvalue weighted by molar-refractivity contribution is 0.0940. The van der Waals surface area contributed by atoms with Crippen molar-refractivity contribution in [1.29, 1.82) is 0 Å². The summed E-state index contributed by atoms with van der Waals surface area (Å²) >= 11 is 11.7. The second kappa shape index (κ2) is 6.99. The molecule has 116 valence electrons. The van der Waals surface area contributed by atoms with Gasteiger partial charge in [0.2, 0.25) is 0 Å². The topological polar surface area (TPSA) is 38.3 Å². The second-order valence-corrected chi connectivity index (χ2v) is 5.53. The summed E-state index contributed by atoms with van der Waals surface area (Å²) in [6.07, 6.45) is 0. The van der Waals surface area contributed by atoms with Crippen molar-refractivity contribution in [3.8, 4) is 5.75 Å². The van der Waals surface area contributed by atoms with Crippen molar-refractivity contribution in [2.24, 2.45) is 0 Å². The van der Waals surface area contributed by atoms with Crippen LogP contribution in [0.2, 0.25) is 10.0 Å². The SMILES string of the molecule is COc1ccc(C(=O)N[C@@H](C)c2cc(F)c(Cl)cc2Cl)cc1. The number of benzene rings is 2. The third kappa shape index (κ3) is 3.70. The van der Waals surface area contributed by atoms with Gasteiger partial charge in [0.05, 0.1) is 18.2 Å². The van der Waals surface area contributed by atoms with E-state index in [9.17, 15) is 9.18 Å². The van der Waals surface area contributed by atoms with Gasteiger partial charge in [0.1, 0.15) is 11.6 Å². The Bertz CT molecular complexity index is 689. The number of amides is 1. The van der Waals surface area contributed by atoms with Gasteiger partial charge in [-0.2, -0.15) is 0 Å². The Morgan fingerprint density at radius 2 is 1.82 bits per heavy atom. The minimum atomic E-state index is -0.577. The second-order valence-electron chi connectivity index (χ2n) is 4.71. The van der Waals surface area contributed by atoms with Gasteiger partial charge in [0.25, 0.3) is 5.91 Å². The van der Waals surface area contributed by atoms with Crippen LogP contribution in [0, 0.1) is 5.82 Å². The molecule has 0 radical (unpaired) electrons. The van der Waals surface area contributed by atoms with E-state index in [-0.39, 0.29) is 10.9 Å². The first-order valence-corrected chi connectivity index (χ1v) is 7.27. The molecular weight excluding hydrogens is 328 g/mol. The Kier molecular flexibility index (Phi) is 5.27. The van der Waals surface area contributed by atoms with Crippen LogP contribution in [-0.2, 0) is 0 Å².